The van der Waals surface area contributed by atoms with Gasteiger partial charge in [-0.1, -0.05) is 259 Å². The lowest BCUT2D eigenvalue weighted by Gasteiger charge is -2.25. The summed E-state index contributed by atoms with van der Waals surface area (Å²) in [4.78, 5) is 23.2. The molecule has 9 heteroatoms. The van der Waals surface area contributed by atoms with Gasteiger partial charge in [0.1, 0.15) is 13.2 Å². The Morgan fingerprint density at radius 1 is 0.493 bits per heavy atom. The van der Waals surface area contributed by atoms with Crippen LogP contribution in [0.4, 0.5) is 0 Å². The van der Waals surface area contributed by atoms with Crippen molar-refractivity contribution in [2.24, 2.45) is 0 Å². The fourth-order valence-corrected chi connectivity index (χ4v) is 9.01. The second-order valence-electron chi connectivity index (χ2n) is 21.0. The molecular formula is C62H114N2O6P+. The third-order valence-corrected chi connectivity index (χ3v) is 13.8. The van der Waals surface area contributed by atoms with E-state index in [1.54, 1.807) is 6.08 Å². The van der Waals surface area contributed by atoms with Crippen LogP contribution in [0, 0.1) is 0 Å². The molecule has 0 spiro atoms. The van der Waals surface area contributed by atoms with Crippen LogP contribution in [0.25, 0.3) is 0 Å². The number of allylic oxidation sites excluding steroid dienone is 13. The van der Waals surface area contributed by atoms with E-state index in [1.165, 1.54) is 167 Å². The van der Waals surface area contributed by atoms with Gasteiger partial charge in [0.2, 0.25) is 5.91 Å². The average Bonchev–Trinajstić information content (AvgIpc) is 3.33. The van der Waals surface area contributed by atoms with E-state index in [1.807, 2.05) is 27.2 Å². The molecule has 0 aromatic heterocycles. The first kappa shape index (κ1) is 68.7. The van der Waals surface area contributed by atoms with E-state index < -0.39 is 20.0 Å². The summed E-state index contributed by atoms with van der Waals surface area (Å²) in [5.74, 6) is -0.244. The molecule has 0 aromatic carbocycles. The minimum absolute atomic E-state index is 0.0414. The van der Waals surface area contributed by atoms with Gasteiger partial charge in [0, 0.05) is 6.42 Å². The van der Waals surface area contributed by atoms with E-state index >= 15 is 0 Å². The molecule has 0 saturated heterocycles. The first-order chi connectivity index (χ1) is 34.5. The monoisotopic (exact) mass is 1010 g/mol. The zero-order valence-electron chi connectivity index (χ0n) is 46.9. The molecule has 0 rings (SSSR count). The Morgan fingerprint density at radius 3 is 1.30 bits per heavy atom. The van der Waals surface area contributed by atoms with E-state index in [4.69, 9.17) is 9.05 Å². The quantitative estimate of drug-likeness (QED) is 0.0243. The highest BCUT2D eigenvalue weighted by Crippen LogP contribution is 2.43. The molecule has 0 radical (unpaired) electrons. The molecule has 0 saturated carbocycles. The number of aliphatic hydroxyl groups is 1. The molecule has 0 aliphatic carbocycles. The Labute approximate surface area is 439 Å². The summed E-state index contributed by atoms with van der Waals surface area (Å²) in [6.07, 6.45) is 74.4. The summed E-state index contributed by atoms with van der Waals surface area (Å²) >= 11 is 0. The summed E-state index contributed by atoms with van der Waals surface area (Å²) in [6.45, 7) is 4.64. The van der Waals surface area contributed by atoms with Gasteiger partial charge in [-0.3, -0.25) is 13.8 Å². The van der Waals surface area contributed by atoms with Gasteiger partial charge in [-0.05, 0) is 70.6 Å². The molecule has 412 valence electrons. The molecule has 3 N–H and O–H groups in total. The number of unbranched alkanes of at least 4 members (excludes halogenated alkanes) is 28. The summed E-state index contributed by atoms with van der Waals surface area (Å²) in [5.41, 5.74) is 0. The van der Waals surface area contributed by atoms with Crippen molar-refractivity contribution in [3.8, 4) is 0 Å². The molecule has 0 aliphatic rings. The number of phosphoric acid groups is 1. The van der Waals surface area contributed by atoms with Crippen LogP contribution in [0.1, 0.15) is 251 Å². The van der Waals surface area contributed by atoms with Crippen LogP contribution in [-0.2, 0) is 18.4 Å². The third kappa shape index (κ3) is 55.3. The van der Waals surface area contributed by atoms with Crippen LogP contribution < -0.4 is 5.32 Å². The van der Waals surface area contributed by atoms with Crippen LogP contribution >= 0.6 is 7.82 Å². The van der Waals surface area contributed by atoms with Gasteiger partial charge >= 0.3 is 7.82 Å². The number of hydrogen-bond acceptors (Lipinski definition) is 5. The smallest absolute Gasteiger partial charge is 0.387 e. The van der Waals surface area contributed by atoms with Crippen molar-refractivity contribution >= 4 is 13.7 Å². The van der Waals surface area contributed by atoms with Crippen molar-refractivity contribution in [3.63, 3.8) is 0 Å². The number of phosphoric ester groups is 1. The SMILES string of the molecule is CC/C=C\C/C=C\C/C=C\C/C=C\C/C=C\CCCC(=O)NC(COP(=O)(O)OCC[N+](C)(C)C)C(O)/C=C/CC/C=C/CCCCCCCCCCCCCCCCCCCCCCCCCCCC. The molecular weight excluding hydrogens is 900 g/mol. The number of carbonyl (C=O) groups is 1. The number of rotatable bonds is 53. The Balaban J connectivity index is 4.21. The van der Waals surface area contributed by atoms with Crippen LogP contribution in [0.5, 0.6) is 0 Å². The summed E-state index contributed by atoms with van der Waals surface area (Å²) in [6, 6.07) is -0.899. The van der Waals surface area contributed by atoms with E-state index in [-0.39, 0.29) is 25.5 Å². The van der Waals surface area contributed by atoms with Crippen molar-refractivity contribution in [2.45, 2.75) is 264 Å². The number of hydrogen-bond donors (Lipinski definition) is 3. The van der Waals surface area contributed by atoms with Crippen LogP contribution in [0.2, 0.25) is 0 Å². The van der Waals surface area contributed by atoms with Gasteiger partial charge in [0.05, 0.1) is 39.9 Å². The summed E-state index contributed by atoms with van der Waals surface area (Å²) in [5, 5.41) is 13.9. The Hall–Kier alpha value is -2.32. The Kier molecular flexibility index (Phi) is 50.8. The maximum atomic E-state index is 12.9. The summed E-state index contributed by atoms with van der Waals surface area (Å²) < 4.78 is 23.6. The highest BCUT2D eigenvalue weighted by atomic mass is 31.2. The minimum Gasteiger partial charge on any atom is -0.387 e. The lowest BCUT2D eigenvalue weighted by atomic mass is 10.0. The number of quaternary nitrogens is 1. The van der Waals surface area contributed by atoms with Gasteiger partial charge < -0.3 is 19.8 Å². The maximum absolute atomic E-state index is 12.9. The number of amides is 1. The Morgan fingerprint density at radius 2 is 0.859 bits per heavy atom. The number of nitrogens with zero attached hydrogens (tertiary/aromatic N) is 1. The third-order valence-electron chi connectivity index (χ3n) is 12.8. The lowest BCUT2D eigenvalue weighted by molar-refractivity contribution is -0.870. The number of aliphatic hydroxyl groups excluding tert-OH is 1. The van der Waals surface area contributed by atoms with Gasteiger partial charge in [0.25, 0.3) is 0 Å². The van der Waals surface area contributed by atoms with E-state index in [2.05, 4.69) is 92.1 Å². The molecule has 0 aromatic rings. The largest absolute Gasteiger partial charge is 0.472 e. The molecule has 0 fully saturated rings. The topological polar surface area (TPSA) is 105 Å². The van der Waals surface area contributed by atoms with Crippen LogP contribution in [-0.4, -0.2) is 73.4 Å². The molecule has 0 aliphatic heterocycles. The number of carbonyl (C=O) groups excluding carboxylic acids is 1. The molecule has 3 unspecified atom stereocenters. The molecule has 1 amide bonds. The molecule has 0 bridgehead atoms. The van der Waals surface area contributed by atoms with Gasteiger partial charge in [-0.2, -0.15) is 0 Å². The molecule has 8 nitrogen and oxygen atoms in total. The minimum atomic E-state index is -4.38. The van der Waals surface area contributed by atoms with Crippen molar-refractivity contribution in [3.05, 3.63) is 85.1 Å². The van der Waals surface area contributed by atoms with Gasteiger partial charge in [-0.15, -0.1) is 0 Å². The first-order valence-corrected chi connectivity index (χ1v) is 31.0. The predicted octanol–water partition coefficient (Wildman–Crippen LogP) is 18.0. The first-order valence-electron chi connectivity index (χ1n) is 29.5. The highest BCUT2D eigenvalue weighted by molar-refractivity contribution is 7.47. The average molecular weight is 1010 g/mol. The van der Waals surface area contributed by atoms with Crippen LogP contribution in [0.15, 0.2) is 85.1 Å². The molecule has 0 heterocycles. The molecule has 3 atom stereocenters. The van der Waals surface area contributed by atoms with Crippen LogP contribution in [0.3, 0.4) is 0 Å². The fourth-order valence-electron chi connectivity index (χ4n) is 8.27. The normalized spacial score (nSPS) is 14.5. The zero-order valence-corrected chi connectivity index (χ0v) is 47.8. The van der Waals surface area contributed by atoms with E-state index in [0.29, 0.717) is 17.4 Å². The standard InChI is InChI=1S/C62H113N2O6P/c1-6-8-10-12-14-16-18-20-22-24-25-26-27-28-29-30-31-32-33-34-35-36-37-38-40-41-43-45-47-49-51-53-55-61(65)60(59-70-71(67,68)69-58-57-64(3,4)5)63-62(66)56-54-52-50-48-46-44-42-39-23-21-19-17-15-13-11-9-7-2/h9,11,15,17,21,23,42,44-45,47-48,50,53,55,60-61,65H,6-8,10,12-14,16,18-20,22,24-41,43,46,49,51-52,54,56-59H2,1-5H3,(H-,63,66,67,68)/p+1/b11-9-,17-15-,23-21-,44-42-,47-45+,50-48-,55-53+. The molecule has 71 heavy (non-hydrogen) atoms. The summed E-state index contributed by atoms with van der Waals surface area (Å²) in [7, 11) is 1.51. The van der Waals surface area contributed by atoms with E-state index in [9.17, 15) is 19.4 Å². The predicted molar refractivity (Wildman–Crippen MR) is 309 cm³/mol. The fraction of sp³-hybridized carbons (Fsp3) is 0.758. The maximum Gasteiger partial charge on any atom is 0.472 e. The Bertz CT molecular complexity index is 1430. The van der Waals surface area contributed by atoms with Gasteiger partial charge in [-0.25, -0.2) is 4.57 Å². The van der Waals surface area contributed by atoms with Gasteiger partial charge in [0.15, 0.2) is 0 Å². The lowest BCUT2D eigenvalue weighted by Crippen LogP contribution is -2.45. The zero-order chi connectivity index (χ0) is 52.0. The second kappa shape index (κ2) is 52.5. The van der Waals surface area contributed by atoms with Crippen molar-refractivity contribution in [1.29, 1.82) is 0 Å². The second-order valence-corrected chi connectivity index (χ2v) is 22.4. The van der Waals surface area contributed by atoms with E-state index in [0.717, 1.165) is 57.8 Å². The van der Waals surface area contributed by atoms with Crippen molar-refractivity contribution in [1.82, 2.24) is 5.32 Å². The van der Waals surface area contributed by atoms with Crippen molar-refractivity contribution in [2.75, 3.05) is 40.9 Å². The highest BCUT2D eigenvalue weighted by Gasteiger charge is 2.27. The number of likely N-dealkylation sites (N-methyl/N-ethyl adjacent to an activating group) is 1. The van der Waals surface area contributed by atoms with Crippen molar-refractivity contribution < 1.29 is 32.9 Å². The number of nitrogens with one attached hydrogen (secondary N) is 1.